The number of hydrogen-bond acceptors (Lipinski definition) is 4. The van der Waals surface area contributed by atoms with Crippen molar-refractivity contribution in [2.24, 2.45) is 5.92 Å². The lowest BCUT2D eigenvalue weighted by Crippen LogP contribution is -2.47. The summed E-state index contributed by atoms with van der Waals surface area (Å²) in [7, 11) is 0. The highest BCUT2D eigenvalue weighted by Gasteiger charge is 2.37. The summed E-state index contributed by atoms with van der Waals surface area (Å²) < 4.78 is 0. The number of nitriles is 1. The van der Waals surface area contributed by atoms with Gasteiger partial charge in [0.15, 0.2) is 0 Å². The number of amides is 2. The van der Waals surface area contributed by atoms with Gasteiger partial charge < -0.3 is 10.2 Å². The molecule has 1 aliphatic heterocycles. The van der Waals surface area contributed by atoms with Crippen LogP contribution >= 0.6 is 11.3 Å². The van der Waals surface area contributed by atoms with E-state index in [0.717, 1.165) is 35.3 Å². The van der Waals surface area contributed by atoms with E-state index in [2.05, 4.69) is 25.2 Å². The van der Waals surface area contributed by atoms with Crippen LogP contribution in [0.3, 0.4) is 0 Å². The van der Waals surface area contributed by atoms with Gasteiger partial charge in [-0.05, 0) is 54.2 Å². The zero-order valence-electron chi connectivity index (χ0n) is 22.3. The Hall–Kier alpha value is -3.43. The van der Waals surface area contributed by atoms with E-state index >= 15 is 0 Å². The van der Waals surface area contributed by atoms with Crippen LogP contribution in [0.25, 0.3) is 0 Å². The van der Waals surface area contributed by atoms with E-state index < -0.39 is 11.5 Å². The Balaban J connectivity index is 1.37. The number of unbranched alkanes of at least 4 members (excludes halogenated alkanes) is 1. The molecule has 1 aromatic heterocycles. The minimum absolute atomic E-state index is 0.0295. The van der Waals surface area contributed by atoms with Gasteiger partial charge in [0.25, 0.3) is 0 Å². The van der Waals surface area contributed by atoms with Gasteiger partial charge in [0.2, 0.25) is 11.8 Å². The van der Waals surface area contributed by atoms with Crippen LogP contribution in [0.5, 0.6) is 0 Å². The Kier molecular flexibility index (Phi) is 9.36. The van der Waals surface area contributed by atoms with Crippen molar-refractivity contribution in [2.45, 2.75) is 69.9 Å². The first-order valence-electron chi connectivity index (χ1n) is 13.6. The minimum atomic E-state index is -0.517. The van der Waals surface area contributed by atoms with Crippen molar-refractivity contribution in [3.05, 3.63) is 94.2 Å². The maximum absolute atomic E-state index is 13.5. The molecule has 1 fully saturated rings. The lowest BCUT2D eigenvalue weighted by atomic mass is 9.73. The summed E-state index contributed by atoms with van der Waals surface area (Å²) in [6.07, 6.45) is 4.14. The van der Waals surface area contributed by atoms with Crippen LogP contribution in [-0.2, 0) is 15.0 Å². The molecule has 6 heteroatoms. The molecular weight excluding hydrogens is 490 g/mol. The smallest absolute Gasteiger partial charge is 0.243 e. The average Bonchev–Trinajstić information content (AvgIpc) is 3.66. The summed E-state index contributed by atoms with van der Waals surface area (Å²) in [6.45, 7) is 4.81. The number of rotatable bonds is 11. The van der Waals surface area contributed by atoms with Crippen molar-refractivity contribution in [3.8, 4) is 6.07 Å². The Bertz CT molecular complexity index is 1180. The van der Waals surface area contributed by atoms with Crippen molar-refractivity contribution in [2.75, 3.05) is 6.54 Å². The van der Waals surface area contributed by atoms with Crippen LogP contribution in [0.15, 0.2) is 78.2 Å². The molecule has 1 N–H and O–H groups in total. The van der Waals surface area contributed by atoms with Crippen LogP contribution < -0.4 is 5.32 Å². The quantitative estimate of drug-likeness (QED) is 0.285. The Morgan fingerprint density at radius 1 is 1.03 bits per heavy atom. The third-order valence-corrected chi connectivity index (χ3v) is 8.83. The van der Waals surface area contributed by atoms with Gasteiger partial charge >= 0.3 is 0 Å². The predicted octanol–water partition coefficient (Wildman–Crippen LogP) is 6.62. The molecule has 2 amide bonds. The van der Waals surface area contributed by atoms with Crippen molar-refractivity contribution >= 4 is 23.2 Å². The third-order valence-electron chi connectivity index (χ3n) is 7.79. The summed E-state index contributed by atoms with van der Waals surface area (Å²) in [6, 6.07) is 25.8. The lowest BCUT2D eigenvalue weighted by molar-refractivity contribution is -0.138. The minimum Gasteiger partial charge on any atom is -0.343 e. The molecule has 1 unspecified atom stereocenters. The van der Waals surface area contributed by atoms with Gasteiger partial charge in [-0.1, -0.05) is 87.0 Å². The molecule has 2 aromatic carbocycles. The van der Waals surface area contributed by atoms with Gasteiger partial charge in [-0.15, -0.1) is 11.3 Å². The molecule has 5 nitrogen and oxygen atoms in total. The molecule has 0 saturated carbocycles. The number of thiophene rings is 1. The molecule has 0 aliphatic carbocycles. The van der Waals surface area contributed by atoms with E-state index in [1.165, 1.54) is 0 Å². The molecular formula is C32H37N3O2S. The normalized spacial score (nSPS) is 16.8. The SMILES string of the molecule is CC(C)C(C#N)(CCCCC(=O)N1CCC[C@@H]1C(=O)NC(c1ccccc1)c1ccccc1)c1cccs1. The molecule has 2 atom stereocenters. The second-order valence-electron chi connectivity index (χ2n) is 10.4. The maximum Gasteiger partial charge on any atom is 0.243 e. The fourth-order valence-electron chi connectivity index (χ4n) is 5.52. The van der Waals surface area contributed by atoms with E-state index in [-0.39, 0.29) is 23.8 Å². The zero-order chi connectivity index (χ0) is 27.0. The van der Waals surface area contributed by atoms with E-state index in [1.807, 2.05) is 78.2 Å². The Labute approximate surface area is 230 Å². The maximum atomic E-state index is 13.5. The van der Waals surface area contributed by atoms with Gasteiger partial charge in [-0.2, -0.15) is 5.26 Å². The second-order valence-corrected chi connectivity index (χ2v) is 11.4. The Morgan fingerprint density at radius 3 is 2.24 bits per heavy atom. The average molecular weight is 528 g/mol. The largest absolute Gasteiger partial charge is 0.343 e. The van der Waals surface area contributed by atoms with E-state index in [0.29, 0.717) is 25.8 Å². The Morgan fingerprint density at radius 2 is 1.68 bits per heavy atom. The standard InChI is InChI=1S/C32H37N3O2S/c1-24(2)32(23-33,28-18-12-22-38-28)20-10-9-19-29(36)35-21-11-17-27(35)31(37)34-30(25-13-5-3-6-14-25)26-15-7-4-8-16-26/h3-8,12-16,18,22,24,27,30H,9-11,17,19-21H2,1-2H3,(H,34,37)/t27-,32?/m1/s1. The molecule has 198 valence electrons. The number of carbonyl (C=O) groups is 2. The van der Waals surface area contributed by atoms with Crippen molar-refractivity contribution in [1.29, 1.82) is 5.26 Å². The van der Waals surface area contributed by atoms with Crippen LogP contribution in [0.4, 0.5) is 0 Å². The fourth-order valence-corrected chi connectivity index (χ4v) is 6.57. The number of benzene rings is 2. The summed E-state index contributed by atoms with van der Waals surface area (Å²) in [4.78, 5) is 29.6. The van der Waals surface area contributed by atoms with E-state index in [1.54, 1.807) is 16.2 Å². The summed E-state index contributed by atoms with van der Waals surface area (Å²) in [5, 5.41) is 15.3. The number of nitrogens with one attached hydrogen (secondary N) is 1. The highest BCUT2D eigenvalue weighted by molar-refractivity contribution is 7.10. The molecule has 1 saturated heterocycles. The molecule has 0 spiro atoms. The van der Waals surface area contributed by atoms with E-state index in [4.69, 9.17) is 0 Å². The first-order chi connectivity index (χ1) is 18.5. The first-order valence-corrected chi connectivity index (χ1v) is 14.5. The zero-order valence-corrected chi connectivity index (χ0v) is 23.1. The highest BCUT2D eigenvalue weighted by Crippen LogP contribution is 2.39. The second kappa shape index (κ2) is 12.9. The lowest BCUT2D eigenvalue weighted by Gasteiger charge is -2.30. The summed E-state index contributed by atoms with van der Waals surface area (Å²) in [5.41, 5.74) is 1.51. The summed E-state index contributed by atoms with van der Waals surface area (Å²) >= 11 is 1.63. The molecule has 0 radical (unpaired) electrons. The number of nitrogens with zero attached hydrogens (tertiary/aromatic N) is 2. The first kappa shape index (κ1) is 27.6. The van der Waals surface area contributed by atoms with Crippen LogP contribution in [0.1, 0.15) is 74.4 Å². The molecule has 1 aliphatic rings. The monoisotopic (exact) mass is 527 g/mol. The molecule has 0 bridgehead atoms. The molecule has 38 heavy (non-hydrogen) atoms. The molecule has 4 rings (SSSR count). The van der Waals surface area contributed by atoms with Crippen LogP contribution in [0, 0.1) is 17.2 Å². The molecule has 3 aromatic rings. The predicted molar refractivity (Wildman–Crippen MR) is 153 cm³/mol. The summed E-state index contributed by atoms with van der Waals surface area (Å²) in [5.74, 6) is 0.118. The van der Waals surface area contributed by atoms with Gasteiger partial charge in [-0.3, -0.25) is 9.59 Å². The fraction of sp³-hybridized carbons (Fsp3) is 0.406. The number of hydrogen-bond donors (Lipinski definition) is 1. The van der Waals surface area contributed by atoms with Crippen LogP contribution in [-0.4, -0.2) is 29.3 Å². The van der Waals surface area contributed by atoms with Crippen LogP contribution in [0.2, 0.25) is 0 Å². The van der Waals surface area contributed by atoms with Gasteiger partial charge in [0.1, 0.15) is 6.04 Å². The van der Waals surface area contributed by atoms with Crippen molar-refractivity contribution in [3.63, 3.8) is 0 Å². The topological polar surface area (TPSA) is 73.2 Å². The number of likely N-dealkylation sites (tertiary alicyclic amines) is 1. The number of carbonyl (C=O) groups excluding carboxylic acids is 2. The van der Waals surface area contributed by atoms with Gasteiger partial charge in [-0.25, -0.2) is 0 Å². The van der Waals surface area contributed by atoms with Crippen molar-refractivity contribution in [1.82, 2.24) is 10.2 Å². The van der Waals surface area contributed by atoms with Gasteiger partial charge in [0.05, 0.1) is 17.5 Å². The third kappa shape index (κ3) is 6.16. The van der Waals surface area contributed by atoms with Crippen molar-refractivity contribution < 1.29 is 9.59 Å². The van der Waals surface area contributed by atoms with Gasteiger partial charge in [0, 0.05) is 17.8 Å². The van der Waals surface area contributed by atoms with E-state index in [9.17, 15) is 14.9 Å². The highest BCUT2D eigenvalue weighted by atomic mass is 32.1. The molecule has 2 heterocycles.